The van der Waals surface area contributed by atoms with Crippen LogP contribution in [0, 0.1) is 5.92 Å². The van der Waals surface area contributed by atoms with Gasteiger partial charge in [0.2, 0.25) is 11.8 Å². The smallest absolute Gasteiger partial charge is 0.314 e. The molecule has 6 heteroatoms. The van der Waals surface area contributed by atoms with E-state index in [1.807, 2.05) is 6.92 Å². The van der Waals surface area contributed by atoms with Crippen LogP contribution in [-0.2, 0) is 9.59 Å². The van der Waals surface area contributed by atoms with Crippen molar-refractivity contribution in [3.05, 3.63) is 0 Å². The van der Waals surface area contributed by atoms with Crippen molar-refractivity contribution in [1.82, 2.24) is 15.5 Å². The Kier molecular flexibility index (Phi) is 5.61. The largest absolute Gasteiger partial charge is 0.338 e. The molecular weight excluding hydrogens is 234 g/mol. The van der Waals surface area contributed by atoms with E-state index in [2.05, 4.69) is 10.6 Å². The molecule has 0 spiro atoms. The molecule has 6 nitrogen and oxygen atoms in total. The molecule has 1 heterocycles. The van der Waals surface area contributed by atoms with Crippen molar-refractivity contribution in [2.24, 2.45) is 5.92 Å². The summed E-state index contributed by atoms with van der Waals surface area (Å²) in [7, 11) is 0. The molecular formula is C12H21N3O3. The maximum absolute atomic E-state index is 11.6. The average molecular weight is 255 g/mol. The molecule has 4 amide bonds. The van der Waals surface area contributed by atoms with Gasteiger partial charge in [0.05, 0.1) is 0 Å². The SMILES string of the molecule is CCCNC(=O)NCCCN1C(=O)CC(C)C1=O. The van der Waals surface area contributed by atoms with Gasteiger partial charge in [-0.05, 0) is 12.8 Å². The molecule has 0 radical (unpaired) electrons. The number of hydrogen-bond acceptors (Lipinski definition) is 3. The normalized spacial score (nSPS) is 19.2. The lowest BCUT2D eigenvalue weighted by molar-refractivity contribution is -0.139. The van der Waals surface area contributed by atoms with Gasteiger partial charge in [-0.25, -0.2) is 4.79 Å². The van der Waals surface area contributed by atoms with Crippen molar-refractivity contribution in [2.75, 3.05) is 19.6 Å². The molecule has 2 N–H and O–H groups in total. The fourth-order valence-electron chi connectivity index (χ4n) is 1.82. The fraction of sp³-hybridized carbons (Fsp3) is 0.750. The van der Waals surface area contributed by atoms with Crippen molar-refractivity contribution in [3.63, 3.8) is 0 Å². The van der Waals surface area contributed by atoms with Crippen molar-refractivity contribution >= 4 is 17.8 Å². The summed E-state index contributed by atoms with van der Waals surface area (Å²) in [6.07, 6.45) is 1.79. The van der Waals surface area contributed by atoms with E-state index < -0.39 is 0 Å². The van der Waals surface area contributed by atoms with E-state index in [4.69, 9.17) is 0 Å². The second kappa shape index (κ2) is 6.98. The summed E-state index contributed by atoms with van der Waals surface area (Å²) >= 11 is 0. The topological polar surface area (TPSA) is 78.5 Å². The van der Waals surface area contributed by atoms with Gasteiger partial charge < -0.3 is 10.6 Å². The Morgan fingerprint density at radius 1 is 1.33 bits per heavy atom. The highest BCUT2D eigenvalue weighted by atomic mass is 16.2. The van der Waals surface area contributed by atoms with Gasteiger partial charge in [-0.1, -0.05) is 13.8 Å². The highest BCUT2D eigenvalue weighted by Crippen LogP contribution is 2.18. The Balaban J connectivity index is 2.16. The van der Waals surface area contributed by atoms with Crippen LogP contribution in [0.2, 0.25) is 0 Å². The molecule has 0 aliphatic carbocycles. The van der Waals surface area contributed by atoms with Gasteiger partial charge in [0.25, 0.3) is 0 Å². The third kappa shape index (κ3) is 4.01. The van der Waals surface area contributed by atoms with Crippen LogP contribution in [0.15, 0.2) is 0 Å². The maximum atomic E-state index is 11.6. The van der Waals surface area contributed by atoms with Crippen molar-refractivity contribution in [3.8, 4) is 0 Å². The Morgan fingerprint density at radius 3 is 2.56 bits per heavy atom. The minimum Gasteiger partial charge on any atom is -0.338 e. The van der Waals surface area contributed by atoms with Gasteiger partial charge in [-0.3, -0.25) is 14.5 Å². The Morgan fingerprint density at radius 2 is 2.00 bits per heavy atom. The van der Waals surface area contributed by atoms with Crippen LogP contribution in [-0.4, -0.2) is 42.4 Å². The van der Waals surface area contributed by atoms with Crippen LogP contribution in [0.4, 0.5) is 4.79 Å². The van der Waals surface area contributed by atoms with Gasteiger partial charge >= 0.3 is 6.03 Å². The van der Waals surface area contributed by atoms with Crippen LogP contribution >= 0.6 is 0 Å². The molecule has 18 heavy (non-hydrogen) atoms. The second-order valence-electron chi connectivity index (χ2n) is 4.53. The summed E-state index contributed by atoms with van der Waals surface area (Å²) in [5.74, 6) is -0.406. The van der Waals surface area contributed by atoms with E-state index in [-0.39, 0.29) is 23.8 Å². The number of imide groups is 1. The average Bonchev–Trinajstić information content (AvgIpc) is 2.57. The first-order chi connectivity index (χ1) is 8.56. The molecule has 1 unspecified atom stereocenters. The lowest BCUT2D eigenvalue weighted by atomic mass is 10.1. The lowest BCUT2D eigenvalue weighted by Gasteiger charge is -2.14. The lowest BCUT2D eigenvalue weighted by Crippen LogP contribution is -2.38. The number of amides is 4. The fourth-order valence-corrected chi connectivity index (χ4v) is 1.82. The minimum atomic E-state index is -0.204. The number of urea groups is 1. The van der Waals surface area contributed by atoms with Crippen molar-refractivity contribution < 1.29 is 14.4 Å². The molecule has 1 aliphatic rings. The molecule has 102 valence electrons. The highest BCUT2D eigenvalue weighted by molar-refractivity contribution is 6.03. The molecule has 1 atom stereocenters. The van der Waals surface area contributed by atoms with Gasteiger partial charge in [0.1, 0.15) is 0 Å². The van der Waals surface area contributed by atoms with E-state index in [1.165, 1.54) is 4.90 Å². The molecule has 0 aromatic rings. The molecule has 1 fully saturated rings. The van der Waals surface area contributed by atoms with Gasteiger partial charge in [0, 0.05) is 32.0 Å². The quantitative estimate of drug-likeness (QED) is 0.535. The third-order valence-corrected chi connectivity index (χ3v) is 2.85. The zero-order valence-electron chi connectivity index (χ0n) is 11.0. The summed E-state index contributed by atoms with van der Waals surface area (Å²) in [6.45, 7) is 5.23. The standard InChI is InChI=1S/C12H21N3O3/c1-3-5-13-12(18)14-6-4-7-15-10(16)8-9(2)11(15)17/h9H,3-8H2,1-2H3,(H2,13,14,18). The van der Waals surface area contributed by atoms with Crippen LogP contribution in [0.3, 0.4) is 0 Å². The van der Waals surface area contributed by atoms with Crippen molar-refractivity contribution in [2.45, 2.75) is 33.1 Å². The Labute approximate surface area is 107 Å². The molecule has 0 aromatic heterocycles. The summed E-state index contributed by atoms with van der Waals surface area (Å²) in [5.41, 5.74) is 0. The number of nitrogens with one attached hydrogen (secondary N) is 2. The van der Waals surface area contributed by atoms with Gasteiger partial charge in [-0.15, -0.1) is 0 Å². The zero-order chi connectivity index (χ0) is 13.5. The molecule has 1 saturated heterocycles. The first kappa shape index (κ1) is 14.5. The molecule has 0 saturated carbocycles. The molecule has 0 aromatic carbocycles. The summed E-state index contributed by atoms with van der Waals surface area (Å²) < 4.78 is 0. The number of carbonyl (C=O) groups excluding carboxylic acids is 3. The number of nitrogens with zero attached hydrogens (tertiary/aromatic N) is 1. The predicted molar refractivity (Wildman–Crippen MR) is 66.8 cm³/mol. The highest BCUT2D eigenvalue weighted by Gasteiger charge is 2.34. The number of likely N-dealkylation sites (tertiary alicyclic amines) is 1. The van der Waals surface area contributed by atoms with E-state index in [0.717, 1.165) is 6.42 Å². The van der Waals surface area contributed by atoms with Crippen LogP contribution in [0.1, 0.15) is 33.1 Å². The Hall–Kier alpha value is -1.59. The van der Waals surface area contributed by atoms with Crippen LogP contribution in [0.5, 0.6) is 0 Å². The zero-order valence-corrected chi connectivity index (χ0v) is 11.0. The van der Waals surface area contributed by atoms with E-state index >= 15 is 0 Å². The summed E-state index contributed by atoms with van der Waals surface area (Å²) in [4.78, 5) is 35.6. The van der Waals surface area contributed by atoms with Gasteiger partial charge in [-0.2, -0.15) is 0 Å². The van der Waals surface area contributed by atoms with Crippen LogP contribution in [0.25, 0.3) is 0 Å². The first-order valence-electron chi connectivity index (χ1n) is 6.42. The molecule has 1 aliphatic heterocycles. The number of rotatable bonds is 6. The second-order valence-corrected chi connectivity index (χ2v) is 4.53. The minimum absolute atomic E-state index is 0.101. The van der Waals surface area contributed by atoms with E-state index in [9.17, 15) is 14.4 Å². The third-order valence-electron chi connectivity index (χ3n) is 2.85. The Bertz CT molecular complexity index is 331. The monoisotopic (exact) mass is 255 g/mol. The molecule has 0 bridgehead atoms. The van der Waals surface area contributed by atoms with E-state index in [0.29, 0.717) is 32.5 Å². The van der Waals surface area contributed by atoms with Crippen LogP contribution < -0.4 is 10.6 Å². The number of hydrogen-bond donors (Lipinski definition) is 2. The summed E-state index contributed by atoms with van der Waals surface area (Å²) in [5, 5.41) is 5.37. The predicted octanol–water partition coefficient (Wildman–Crippen LogP) is 0.481. The van der Waals surface area contributed by atoms with E-state index in [1.54, 1.807) is 6.92 Å². The first-order valence-corrected chi connectivity index (χ1v) is 6.42. The summed E-state index contributed by atoms with van der Waals surface area (Å²) in [6, 6.07) is -0.204. The van der Waals surface area contributed by atoms with Crippen molar-refractivity contribution in [1.29, 1.82) is 0 Å². The van der Waals surface area contributed by atoms with Gasteiger partial charge in [0.15, 0.2) is 0 Å². The number of carbonyl (C=O) groups is 3. The maximum Gasteiger partial charge on any atom is 0.314 e. The molecule has 1 rings (SSSR count).